The first-order valence-electron chi connectivity index (χ1n) is 13.5. The molecule has 0 radical (unpaired) electrons. The van der Waals surface area contributed by atoms with Crippen molar-refractivity contribution in [3.63, 3.8) is 0 Å². The molecule has 8 nitrogen and oxygen atoms in total. The Morgan fingerprint density at radius 1 is 1.08 bits per heavy atom. The third kappa shape index (κ3) is 7.84. The van der Waals surface area contributed by atoms with E-state index in [2.05, 4.69) is 0 Å². The van der Waals surface area contributed by atoms with Crippen LogP contribution in [0.15, 0.2) is 11.6 Å². The van der Waals surface area contributed by atoms with Gasteiger partial charge in [0.1, 0.15) is 12.2 Å². The molecule has 0 saturated carbocycles. The Kier molecular flexibility index (Phi) is 11.6. The highest BCUT2D eigenvalue weighted by Crippen LogP contribution is 2.33. The molecule has 0 aromatic rings. The van der Waals surface area contributed by atoms with E-state index < -0.39 is 36.5 Å². The maximum Gasteiger partial charge on any atom is 0.308 e. The predicted molar refractivity (Wildman–Crippen MR) is 138 cm³/mol. The Morgan fingerprint density at radius 2 is 1.72 bits per heavy atom. The van der Waals surface area contributed by atoms with Crippen LogP contribution in [0.25, 0.3) is 0 Å². The second kappa shape index (κ2) is 13.5. The monoisotopic (exact) mass is 511 g/mol. The van der Waals surface area contributed by atoms with Crippen LogP contribution in [0.2, 0.25) is 0 Å². The van der Waals surface area contributed by atoms with Crippen LogP contribution in [0.3, 0.4) is 0 Å². The minimum atomic E-state index is -1.01. The molecule has 0 spiro atoms. The van der Waals surface area contributed by atoms with Gasteiger partial charge in [-0.2, -0.15) is 0 Å². The van der Waals surface area contributed by atoms with Gasteiger partial charge in [-0.15, -0.1) is 0 Å². The number of hydrogen-bond donors (Lipinski definition) is 2. The van der Waals surface area contributed by atoms with Gasteiger partial charge in [0.15, 0.2) is 12.1 Å². The number of aliphatic hydroxyl groups excluding tert-OH is 2. The lowest BCUT2D eigenvalue weighted by molar-refractivity contribution is -0.282. The van der Waals surface area contributed by atoms with Crippen LogP contribution in [-0.4, -0.2) is 83.8 Å². The SMILES string of the molecule is CC[C@H]1OC(=O)C[C@@H](O)[C@H](C)[C@@H](OC2OC(C)CC(N(C)C)C2O)[C@@H](C)C[C@@H](C)C(=O)/C(C)=C/[C@H]1C. The summed E-state index contributed by atoms with van der Waals surface area (Å²) in [5.41, 5.74) is 0.660. The fourth-order valence-corrected chi connectivity index (χ4v) is 5.71. The Morgan fingerprint density at radius 3 is 2.31 bits per heavy atom. The lowest BCUT2D eigenvalue weighted by Gasteiger charge is -2.44. The van der Waals surface area contributed by atoms with Gasteiger partial charge in [0, 0.05) is 23.8 Å². The number of ether oxygens (including phenoxy) is 3. The smallest absolute Gasteiger partial charge is 0.308 e. The van der Waals surface area contributed by atoms with Crippen LogP contribution >= 0.6 is 0 Å². The van der Waals surface area contributed by atoms with Crippen LogP contribution in [0.4, 0.5) is 0 Å². The first kappa shape index (κ1) is 30.9. The number of cyclic esters (lactones) is 1. The molecule has 1 fully saturated rings. The number of likely N-dealkylation sites (N-methyl/N-ethyl adjacent to an activating group) is 1. The van der Waals surface area contributed by atoms with Gasteiger partial charge in [0.05, 0.1) is 24.7 Å². The van der Waals surface area contributed by atoms with Crippen LogP contribution in [0.5, 0.6) is 0 Å². The number of Topliss-reactive ketones (excluding diaryl/α,β-unsaturated/α-hetero) is 1. The van der Waals surface area contributed by atoms with Gasteiger partial charge in [-0.3, -0.25) is 9.59 Å². The highest BCUT2D eigenvalue weighted by molar-refractivity contribution is 5.96. The second-order valence-corrected chi connectivity index (χ2v) is 11.4. The number of rotatable bonds is 4. The fourth-order valence-electron chi connectivity index (χ4n) is 5.71. The van der Waals surface area contributed by atoms with Crippen molar-refractivity contribution in [2.75, 3.05) is 14.1 Å². The lowest BCUT2D eigenvalue weighted by Crippen LogP contribution is -2.56. The lowest BCUT2D eigenvalue weighted by atomic mass is 9.81. The summed E-state index contributed by atoms with van der Waals surface area (Å²) in [5, 5.41) is 22.1. The van der Waals surface area contributed by atoms with E-state index in [9.17, 15) is 19.8 Å². The molecule has 0 aromatic carbocycles. The van der Waals surface area contributed by atoms with Crippen LogP contribution in [-0.2, 0) is 23.8 Å². The molecule has 36 heavy (non-hydrogen) atoms. The van der Waals surface area contributed by atoms with E-state index in [1.165, 1.54) is 0 Å². The van der Waals surface area contributed by atoms with Gasteiger partial charge in [-0.25, -0.2) is 0 Å². The molecule has 11 atom stereocenters. The molecule has 8 heteroatoms. The summed E-state index contributed by atoms with van der Waals surface area (Å²) in [5.74, 6) is -1.40. The molecule has 0 aliphatic carbocycles. The Balaban J connectivity index is 2.37. The van der Waals surface area contributed by atoms with E-state index in [4.69, 9.17) is 14.2 Å². The molecular weight excluding hydrogens is 462 g/mol. The molecule has 2 aliphatic rings. The van der Waals surface area contributed by atoms with Crippen LogP contribution in [0, 0.1) is 23.7 Å². The third-order valence-corrected chi connectivity index (χ3v) is 7.98. The van der Waals surface area contributed by atoms with Gasteiger partial charge in [-0.1, -0.05) is 40.7 Å². The van der Waals surface area contributed by atoms with Crippen molar-refractivity contribution in [1.82, 2.24) is 4.90 Å². The molecule has 1 saturated heterocycles. The van der Waals surface area contributed by atoms with Gasteiger partial charge in [0.25, 0.3) is 0 Å². The van der Waals surface area contributed by atoms with Crippen molar-refractivity contribution >= 4 is 11.8 Å². The maximum absolute atomic E-state index is 13.2. The van der Waals surface area contributed by atoms with E-state index in [-0.39, 0.29) is 48.2 Å². The average molecular weight is 512 g/mol. The predicted octanol–water partition coefficient (Wildman–Crippen LogP) is 3.33. The molecule has 2 rings (SSSR count). The normalized spacial score (nSPS) is 43.4. The van der Waals surface area contributed by atoms with Gasteiger partial charge in [0.2, 0.25) is 0 Å². The van der Waals surface area contributed by atoms with E-state index in [0.717, 1.165) is 0 Å². The summed E-state index contributed by atoms with van der Waals surface area (Å²) in [6.45, 7) is 13.4. The highest BCUT2D eigenvalue weighted by Gasteiger charge is 2.42. The first-order valence-corrected chi connectivity index (χ1v) is 13.5. The summed E-state index contributed by atoms with van der Waals surface area (Å²) < 4.78 is 18.1. The molecule has 2 N–H and O–H groups in total. The first-order chi connectivity index (χ1) is 16.8. The quantitative estimate of drug-likeness (QED) is 0.554. The Hall–Kier alpha value is -1.32. The highest BCUT2D eigenvalue weighted by atomic mass is 16.7. The minimum Gasteiger partial charge on any atom is -0.462 e. The van der Waals surface area contributed by atoms with Crippen molar-refractivity contribution < 1.29 is 34.0 Å². The van der Waals surface area contributed by atoms with Gasteiger partial charge in [-0.05, 0) is 58.7 Å². The molecule has 0 aromatic heterocycles. The number of ketones is 1. The molecule has 2 heterocycles. The second-order valence-electron chi connectivity index (χ2n) is 11.4. The number of aliphatic hydroxyl groups is 2. The average Bonchev–Trinajstić information content (AvgIpc) is 2.80. The molecule has 0 amide bonds. The zero-order valence-corrected chi connectivity index (χ0v) is 23.6. The van der Waals surface area contributed by atoms with Crippen molar-refractivity contribution in [3.8, 4) is 0 Å². The van der Waals surface area contributed by atoms with E-state index in [1.54, 1.807) is 0 Å². The Bertz CT molecular complexity index is 769. The molecule has 4 unspecified atom stereocenters. The third-order valence-electron chi connectivity index (χ3n) is 7.98. The number of esters is 1. The summed E-state index contributed by atoms with van der Waals surface area (Å²) in [4.78, 5) is 27.9. The van der Waals surface area contributed by atoms with Gasteiger partial charge >= 0.3 is 5.97 Å². The van der Waals surface area contributed by atoms with Crippen molar-refractivity contribution in [2.45, 2.75) is 117 Å². The van der Waals surface area contributed by atoms with Crippen LogP contribution < -0.4 is 0 Å². The molecule has 208 valence electrons. The standard InChI is InChI=1S/C28H49NO7/c1-10-23-15(2)11-16(3)25(32)17(4)12-18(5)27(20(7)22(30)14-24(31)35-23)36-28-26(33)21(29(8)9)13-19(6)34-28/h11,15,17-23,26-28,30,33H,10,12-14H2,1-9H3/b16-11+/t15-,17-,18+,19?,20+,21?,22-,23-,26?,27+,28?/m1/s1. The minimum absolute atomic E-state index is 0.0501. The largest absolute Gasteiger partial charge is 0.462 e. The number of hydrogen-bond acceptors (Lipinski definition) is 8. The topological polar surface area (TPSA) is 106 Å². The number of nitrogens with zero attached hydrogens (tertiary/aromatic N) is 1. The summed E-state index contributed by atoms with van der Waals surface area (Å²) in [7, 11) is 3.83. The summed E-state index contributed by atoms with van der Waals surface area (Å²) in [6.07, 6.45) is -0.249. The molecule has 0 bridgehead atoms. The van der Waals surface area contributed by atoms with Crippen LogP contribution in [0.1, 0.15) is 74.1 Å². The van der Waals surface area contributed by atoms with E-state index in [0.29, 0.717) is 24.8 Å². The van der Waals surface area contributed by atoms with E-state index in [1.807, 2.05) is 73.5 Å². The fraction of sp³-hybridized carbons (Fsp3) is 0.857. The van der Waals surface area contributed by atoms with Crippen molar-refractivity contribution in [1.29, 1.82) is 0 Å². The van der Waals surface area contributed by atoms with Crippen molar-refractivity contribution in [3.05, 3.63) is 11.6 Å². The molecule has 2 aliphatic heterocycles. The maximum atomic E-state index is 13.2. The van der Waals surface area contributed by atoms with E-state index >= 15 is 0 Å². The summed E-state index contributed by atoms with van der Waals surface area (Å²) in [6, 6.07) is -0.135. The van der Waals surface area contributed by atoms with Crippen molar-refractivity contribution in [2.24, 2.45) is 23.7 Å². The number of carbonyl (C=O) groups excluding carboxylic acids is 2. The number of allylic oxidation sites excluding steroid dienone is 1. The van der Waals surface area contributed by atoms with Gasteiger partial charge < -0.3 is 29.3 Å². The zero-order chi connectivity index (χ0) is 27.3. The Labute approximate surface area is 217 Å². The molecular formula is C28H49NO7. The summed E-state index contributed by atoms with van der Waals surface area (Å²) >= 11 is 0. The number of carbonyl (C=O) groups is 2. The zero-order valence-electron chi connectivity index (χ0n) is 23.6.